The van der Waals surface area contributed by atoms with Gasteiger partial charge in [-0.1, -0.05) is 13.0 Å². The number of carbonyl (C=O) groups excluding carboxylic acids is 1. The molecule has 1 fully saturated rings. The molecule has 0 saturated carbocycles. The molecule has 5 nitrogen and oxygen atoms in total. The van der Waals surface area contributed by atoms with Crippen molar-refractivity contribution < 1.29 is 9.18 Å². The maximum Gasteiger partial charge on any atom is 0.270 e. The van der Waals surface area contributed by atoms with E-state index < -0.39 is 0 Å². The summed E-state index contributed by atoms with van der Waals surface area (Å²) >= 11 is 0. The number of rotatable bonds is 5. The number of piperazine rings is 1. The lowest BCUT2D eigenvalue weighted by Crippen LogP contribution is -2.46. The first kappa shape index (κ1) is 19.3. The summed E-state index contributed by atoms with van der Waals surface area (Å²) in [5, 5.41) is 2.96. The van der Waals surface area contributed by atoms with E-state index in [9.17, 15) is 9.18 Å². The van der Waals surface area contributed by atoms with Gasteiger partial charge in [0.1, 0.15) is 11.5 Å². The molecule has 0 radical (unpaired) electrons. The number of nitrogens with one attached hydrogen (secondary N) is 1. The number of amides is 1. The lowest BCUT2D eigenvalue weighted by molar-refractivity contribution is 0.0934. The molecule has 27 heavy (non-hydrogen) atoms. The maximum absolute atomic E-state index is 14.0. The Balaban J connectivity index is 1.78. The van der Waals surface area contributed by atoms with Crippen LogP contribution in [0, 0.1) is 12.7 Å². The summed E-state index contributed by atoms with van der Waals surface area (Å²) in [7, 11) is 0. The first-order valence-corrected chi connectivity index (χ1v) is 9.49. The molecule has 144 valence electrons. The quantitative estimate of drug-likeness (QED) is 0.878. The van der Waals surface area contributed by atoms with Crippen LogP contribution in [0.15, 0.2) is 36.4 Å². The molecule has 0 aliphatic carbocycles. The number of hydrogen-bond donors (Lipinski definition) is 1. The fraction of sp³-hybridized carbons (Fsp3) is 0.429. The van der Waals surface area contributed by atoms with E-state index in [1.807, 2.05) is 32.0 Å². The number of nitrogens with zero attached hydrogens (tertiary/aromatic N) is 3. The van der Waals surface area contributed by atoms with Crippen molar-refractivity contribution in [2.45, 2.75) is 26.8 Å². The Hall–Kier alpha value is -2.47. The van der Waals surface area contributed by atoms with Crippen LogP contribution in [-0.2, 0) is 0 Å². The number of carbonyl (C=O) groups is 1. The second kappa shape index (κ2) is 8.48. The molecule has 1 N–H and O–H groups in total. The van der Waals surface area contributed by atoms with Crippen LogP contribution in [0.4, 0.5) is 10.1 Å². The minimum absolute atomic E-state index is 0.253. The van der Waals surface area contributed by atoms with Crippen LogP contribution in [0.1, 0.15) is 41.6 Å². The van der Waals surface area contributed by atoms with Crippen molar-refractivity contribution in [3.05, 3.63) is 59.2 Å². The molecule has 1 unspecified atom stereocenters. The highest BCUT2D eigenvalue weighted by Gasteiger charge is 2.22. The van der Waals surface area contributed by atoms with Gasteiger partial charge in [-0.05, 0) is 50.7 Å². The molecule has 1 atom stereocenters. The number of anilines is 1. The standard InChI is InChI=1S/C21H27FN4O/c1-4-25-10-12-26(13-11-25)20-9-8-17(22)14-18(20)16(3)24-21(27)19-7-5-6-15(2)23-19/h5-9,14,16H,4,10-13H2,1-3H3,(H,24,27). The average molecular weight is 370 g/mol. The van der Waals surface area contributed by atoms with E-state index in [4.69, 9.17) is 0 Å². The van der Waals surface area contributed by atoms with Crippen molar-refractivity contribution in [2.24, 2.45) is 0 Å². The van der Waals surface area contributed by atoms with Gasteiger partial charge in [-0.25, -0.2) is 9.37 Å². The first-order valence-electron chi connectivity index (χ1n) is 9.49. The topological polar surface area (TPSA) is 48.5 Å². The van der Waals surface area contributed by atoms with E-state index in [0.717, 1.165) is 49.7 Å². The summed E-state index contributed by atoms with van der Waals surface area (Å²) in [6.07, 6.45) is 0. The normalized spacial score (nSPS) is 16.2. The molecule has 2 heterocycles. The van der Waals surface area contributed by atoms with E-state index in [1.165, 1.54) is 12.1 Å². The second-order valence-corrected chi connectivity index (χ2v) is 6.98. The third-order valence-corrected chi connectivity index (χ3v) is 5.08. The number of aromatic nitrogens is 1. The zero-order chi connectivity index (χ0) is 19.4. The number of hydrogen-bond acceptors (Lipinski definition) is 4. The maximum atomic E-state index is 14.0. The van der Waals surface area contributed by atoms with Crippen molar-refractivity contribution >= 4 is 11.6 Å². The highest BCUT2D eigenvalue weighted by atomic mass is 19.1. The lowest BCUT2D eigenvalue weighted by Gasteiger charge is -2.37. The third kappa shape index (κ3) is 4.63. The first-order chi connectivity index (χ1) is 13.0. The lowest BCUT2D eigenvalue weighted by atomic mass is 10.0. The van der Waals surface area contributed by atoms with E-state index in [2.05, 4.69) is 27.0 Å². The van der Waals surface area contributed by atoms with Gasteiger partial charge in [-0.15, -0.1) is 0 Å². The van der Waals surface area contributed by atoms with Crippen LogP contribution >= 0.6 is 0 Å². The van der Waals surface area contributed by atoms with Gasteiger partial charge in [0.15, 0.2) is 0 Å². The molecule has 3 rings (SSSR count). The van der Waals surface area contributed by atoms with Gasteiger partial charge in [-0.3, -0.25) is 4.79 Å². The monoisotopic (exact) mass is 370 g/mol. The zero-order valence-corrected chi connectivity index (χ0v) is 16.2. The van der Waals surface area contributed by atoms with Crippen LogP contribution in [0.3, 0.4) is 0 Å². The minimum atomic E-state index is -0.324. The van der Waals surface area contributed by atoms with Crippen molar-refractivity contribution in [3.8, 4) is 0 Å². The van der Waals surface area contributed by atoms with E-state index in [1.54, 1.807) is 6.07 Å². The van der Waals surface area contributed by atoms with Gasteiger partial charge in [0.2, 0.25) is 0 Å². The SMILES string of the molecule is CCN1CCN(c2ccc(F)cc2C(C)NC(=O)c2cccc(C)n2)CC1. The van der Waals surface area contributed by atoms with Gasteiger partial charge in [0.25, 0.3) is 5.91 Å². The molecule has 0 bridgehead atoms. The molecular weight excluding hydrogens is 343 g/mol. The van der Waals surface area contributed by atoms with Gasteiger partial charge >= 0.3 is 0 Å². The predicted molar refractivity (Wildman–Crippen MR) is 106 cm³/mol. The molecule has 1 amide bonds. The summed E-state index contributed by atoms with van der Waals surface area (Å²) in [4.78, 5) is 21.5. The fourth-order valence-corrected chi connectivity index (χ4v) is 3.48. The number of pyridine rings is 1. The molecule has 2 aromatic rings. The molecule has 6 heteroatoms. The third-order valence-electron chi connectivity index (χ3n) is 5.08. The van der Waals surface area contributed by atoms with Crippen LogP contribution in [-0.4, -0.2) is 48.5 Å². The highest BCUT2D eigenvalue weighted by molar-refractivity contribution is 5.92. The van der Waals surface area contributed by atoms with Crippen molar-refractivity contribution in [1.82, 2.24) is 15.2 Å². The molecule has 1 saturated heterocycles. The smallest absolute Gasteiger partial charge is 0.270 e. The average Bonchev–Trinajstić information content (AvgIpc) is 2.68. The van der Waals surface area contributed by atoms with Crippen LogP contribution in [0.25, 0.3) is 0 Å². The Kier molecular flexibility index (Phi) is 6.06. The summed E-state index contributed by atoms with van der Waals surface area (Å²) in [5.41, 5.74) is 2.94. The summed E-state index contributed by atoms with van der Waals surface area (Å²) in [6.45, 7) is 10.7. The Morgan fingerprint density at radius 2 is 1.96 bits per heavy atom. The fourth-order valence-electron chi connectivity index (χ4n) is 3.48. The Morgan fingerprint density at radius 3 is 2.63 bits per heavy atom. The largest absolute Gasteiger partial charge is 0.369 e. The van der Waals surface area contributed by atoms with Gasteiger partial charge in [0, 0.05) is 43.1 Å². The van der Waals surface area contributed by atoms with Crippen molar-refractivity contribution in [2.75, 3.05) is 37.6 Å². The van der Waals surface area contributed by atoms with Crippen LogP contribution in [0.5, 0.6) is 0 Å². The number of benzene rings is 1. The molecule has 1 aromatic heterocycles. The van der Waals surface area contributed by atoms with Gasteiger partial charge in [-0.2, -0.15) is 0 Å². The zero-order valence-electron chi connectivity index (χ0n) is 16.2. The van der Waals surface area contributed by atoms with Gasteiger partial charge < -0.3 is 15.1 Å². The van der Waals surface area contributed by atoms with E-state index in [0.29, 0.717) is 5.69 Å². The van der Waals surface area contributed by atoms with E-state index in [-0.39, 0.29) is 17.8 Å². The Labute approximate surface area is 160 Å². The molecule has 1 aliphatic heterocycles. The summed E-state index contributed by atoms with van der Waals surface area (Å²) < 4.78 is 14.0. The molecule has 1 aromatic carbocycles. The van der Waals surface area contributed by atoms with Gasteiger partial charge in [0.05, 0.1) is 6.04 Å². The second-order valence-electron chi connectivity index (χ2n) is 6.98. The number of likely N-dealkylation sites (N-methyl/N-ethyl adjacent to an activating group) is 1. The van der Waals surface area contributed by atoms with E-state index >= 15 is 0 Å². The van der Waals surface area contributed by atoms with Crippen LogP contribution in [0.2, 0.25) is 0 Å². The Morgan fingerprint density at radius 1 is 1.22 bits per heavy atom. The minimum Gasteiger partial charge on any atom is -0.369 e. The number of halogens is 1. The Bertz CT molecular complexity index is 803. The predicted octanol–water partition coefficient (Wildman–Crippen LogP) is 3.16. The van der Waals surface area contributed by atoms with Crippen molar-refractivity contribution in [1.29, 1.82) is 0 Å². The summed E-state index contributed by atoms with van der Waals surface area (Å²) in [5.74, 6) is -0.548. The molecular formula is C21H27FN4O. The molecule has 0 spiro atoms. The summed E-state index contributed by atoms with van der Waals surface area (Å²) in [6, 6.07) is 9.85. The number of aryl methyl sites for hydroxylation is 1. The highest BCUT2D eigenvalue weighted by Crippen LogP contribution is 2.28. The molecule has 1 aliphatic rings. The van der Waals surface area contributed by atoms with Crippen LogP contribution < -0.4 is 10.2 Å². The van der Waals surface area contributed by atoms with Crippen molar-refractivity contribution in [3.63, 3.8) is 0 Å².